The minimum atomic E-state index is 0.493. The highest BCUT2D eigenvalue weighted by Gasteiger charge is 2.14. The highest BCUT2D eigenvalue weighted by atomic mass is 35.5. The fraction of sp³-hybridized carbons (Fsp3) is 0.333. The zero-order chi connectivity index (χ0) is 15.5. The summed E-state index contributed by atoms with van der Waals surface area (Å²) in [4.78, 5) is 11.2. The van der Waals surface area contributed by atoms with Gasteiger partial charge in [-0.3, -0.25) is 0 Å². The van der Waals surface area contributed by atoms with Crippen molar-refractivity contribution < 1.29 is 4.74 Å². The summed E-state index contributed by atoms with van der Waals surface area (Å²) in [7, 11) is 0. The van der Waals surface area contributed by atoms with Gasteiger partial charge >= 0.3 is 0 Å². The predicted octanol–water partition coefficient (Wildman–Crippen LogP) is 3.67. The molecule has 3 rings (SSSR count). The Labute approximate surface area is 139 Å². The first kappa shape index (κ1) is 15.3. The number of nitrogens with zero attached hydrogens (tertiary/aromatic N) is 3. The van der Waals surface area contributed by atoms with Crippen LogP contribution in [0.4, 0.5) is 17.5 Å². The summed E-state index contributed by atoms with van der Waals surface area (Å²) in [5.74, 6) is 1.44. The first-order chi connectivity index (χ1) is 10.6. The zero-order valence-electron chi connectivity index (χ0n) is 12.1. The second-order valence-electron chi connectivity index (χ2n) is 5.04. The van der Waals surface area contributed by atoms with Crippen LogP contribution in [0.2, 0.25) is 10.0 Å². The summed E-state index contributed by atoms with van der Waals surface area (Å²) in [6.45, 7) is 5.06. The maximum Gasteiger partial charge on any atom is 0.229 e. The molecule has 5 nitrogen and oxygen atoms in total. The van der Waals surface area contributed by atoms with Crippen LogP contribution >= 0.6 is 23.2 Å². The lowest BCUT2D eigenvalue weighted by Gasteiger charge is -2.28. The van der Waals surface area contributed by atoms with Gasteiger partial charge in [0.2, 0.25) is 5.95 Å². The van der Waals surface area contributed by atoms with Crippen molar-refractivity contribution in [3.63, 3.8) is 0 Å². The third kappa shape index (κ3) is 3.61. The molecule has 0 bridgehead atoms. The van der Waals surface area contributed by atoms with Gasteiger partial charge < -0.3 is 15.0 Å². The van der Waals surface area contributed by atoms with E-state index in [1.54, 1.807) is 12.1 Å². The number of hydrogen-bond acceptors (Lipinski definition) is 5. The van der Waals surface area contributed by atoms with E-state index in [9.17, 15) is 0 Å². The molecule has 22 heavy (non-hydrogen) atoms. The van der Waals surface area contributed by atoms with Crippen LogP contribution in [-0.2, 0) is 4.74 Å². The molecule has 1 aromatic heterocycles. The molecule has 1 saturated heterocycles. The summed E-state index contributed by atoms with van der Waals surface area (Å²) in [6, 6.07) is 7.31. The zero-order valence-corrected chi connectivity index (χ0v) is 13.7. The van der Waals surface area contributed by atoms with Gasteiger partial charge in [-0.15, -0.1) is 0 Å². The monoisotopic (exact) mass is 338 g/mol. The number of aryl methyl sites for hydroxylation is 1. The summed E-state index contributed by atoms with van der Waals surface area (Å²) >= 11 is 12.0. The second-order valence-corrected chi connectivity index (χ2v) is 5.86. The molecule has 2 aromatic rings. The van der Waals surface area contributed by atoms with Gasteiger partial charge in [-0.05, 0) is 25.1 Å². The molecule has 1 N–H and O–H groups in total. The minimum Gasteiger partial charge on any atom is -0.378 e. The van der Waals surface area contributed by atoms with E-state index in [4.69, 9.17) is 27.9 Å². The Hall–Kier alpha value is -1.56. The molecular weight excluding hydrogens is 323 g/mol. The van der Waals surface area contributed by atoms with Crippen molar-refractivity contribution in [2.45, 2.75) is 6.92 Å². The molecule has 1 aromatic carbocycles. The molecule has 0 atom stereocenters. The summed E-state index contributed by atoms with van der Waals surface area (Å²) in [5, 5.41) is 4.18. The maximum absolute atomic E-state index is 6.03. The Kier molecular flexibility index (Phi) is 4.66. The van der Waals surface area contributed by atoms with Crippen molar-refractivity contribution in [3.8, 4) is 0 Å². The van der Waals surface area contributed by atoms with Crippen molar-refractivity contribution in [2.24, 2.45) is 0 Å². The number of morpholine rings is 1. The third-order valence-corrected chi connectivity index (χ3v) is 4.09. The van der Waals surface area contributed by atoms with Gasteiger partial charge in [0.15, 0.2) is 0 Å². The van der Waals surface area contributed by atoms with E-state index in [1.165, 1.54) is 0 Å². The Morgan fingerprint density at radius 3 is 2.59 bits per heavy atom. The fourth-order valence-corrected chi connectivity index (χ4v) is 2.56. The van der Waals surface area contributed by atoms with Gasteiger partial charge in [0.05, 0.1) is 23.3 Å². The van der Waals surface area contributed by atoms with Gasteiger partial charge in [-0.2, -0.15) is 4.98 Å². The number of hydrogen-bond donors (Lipinski definition) is 1. The molecule has 7 heteroatoms. The number of ether oxygens (including phenoxy) is 1. The van der Waals surface area contributed by atoms with E-state index in [0.717, 1.165) is 43.5 Å². The molecule has 0 spiro atoms. The summed E-state index contributed by atoms with van der Waals surface area (Å²) < 4.78 is 5.37. The standard InChI is InChI=1S/C15H16Cl2N4O/c1-10-8-14(21-4-6-22-7-5-21)20-15(18-10)19-11-2-3-12(16)13(17)9-11/h2-3,8-9H,4-7H2,1H3,(H,18,19,20). The topological polar surface area (TPSA) is 50.3 Å². The molecule has 1 aliphatic rings. The van der Waals surface area contributed by atoms with Crippen LogP contribution in [0, 0.1) is 6.92 Å². The summed E-state index contributed by atoms with van der Waals surface area (Å²) in [5.41, 5.74) is 1.70. The summed E-state index contributed by atoms with van der Waals surface area (Å²) in [6.07, 6.45) is 0. The van der Waals surface area contributed by atoms with Crippen LogP contribution in [0.1, 0.15) is 5.69 Å². The van der Waals surface area contributed by atoms with Crippen molar-refractivity contribution in [3.05, 3.63) is 40.0 Å². The van der Waals surface area contributed by atoms with Gasteiger partial charge in [-0.25, -0.2) is 4.98 Å². The molecule has 0 amide bonds. The van der Waals surface area contributed by atoms with Gasteiger partial charge in [-0.1, -0.05) is 23.2 Å². The van der Waals surface area contributed by atoms with Gasteiger partial charge in [0, 0.05) is 30.5 Å². The number of aromatic nitrogens is 2. The van der Waals surface area contributed by atoms with E-state index in [2.05, 4.69) is 20.2 Å². The highest BCUT2D eigenvalue weighted by Crippen LogP contribution is 2.26. The lowest BCUT2D eigenvalue weighted by atomic mass is 10.3. The number of benzene rings is 1. The lowest BCUT2D eigenvalue weighted by molar-refractivity contribution is 0.122. The number of nitrogens with one attached hydrogen (secondary N) is 1. The Morgan fingerprint density at radius 1 is 1.09 bits per heavy atom. The molecule has 2 heterocycles. The van der Waals surface area contributed by atoms with Gasteiger partial charge in [0.25, 0.3) is 0 Å². The van der Waals surface area contributed by atoms with Crippen molar-refractivity contribution >= 4 is 40.7 Å². The number of anilines is 3. The molecular formula is C15H16Cl2N4O. The molecule has 116 valence electrons. The minimum absolute atomic E-state index is 0.493. The van der Waals surface area contributed by atoms with Crippen molar-refractivity contribution in [1.82, 2.24) is 9.97 Å². The Bertz CT molecular complexity index is 675. The molecule has 1 fully saturated rings. The number of rotatable bonds is 3. The fourth-order valence-electron chi connectivity index (χ4n) is 2.27. The van der Waals surface area contributed by atoms with E-state index in [0.29, 0.717) is 16.0 Å². The molecule has 0 aliphatic carbocycles. The average molecular weight is 339 g/mol. The average Bonchev–Trinajstić information content (AvgIpc) is 2.51. The lowest BCUT2D eigenvalue weighted by Crippen LogP contribution is -2.36. The van der Waals surface area contributed by atoms with Crippen molar-refractivity contribution in [2.75, 3.05) is 36.5 Å². The quantitative estimate of drug-likeness (QED) is 0.925. The molecule has 0 saturated carbocycles. The molecule has 1 aliphatic heterocycles. The maximum atomic E-state index is 6.03. The van der Waals surface area contributed by atoms with Crippen LogP contribution < -0.4 is 10.2 Å². The largest absolute Gasteiger partial charge is 0.378 e. The van der Waals surface area contributed by atoms with Crippen LogP contribution in [0.25, 0.3) is 0 Å². The molecule has 0 radical (unpaired) electrons. The van der Waals surface area contributed by atoms with Crippen LogP contribution in [0.5, 0.6) is 0 Å². The molecule has 0 unspecified atom stereocenters. The Morgan fingerprint density at radius 2 is 1.86 bits per heavy atom. The van der Waals surface area contributed by atoms with Crippen LogP contribution in [0.3, 0.4) is 0 Å². The van der Waals surface area contributed by atoms with Crippen LogP contribution in [0.15, 0.2) is 24.3 Å². The number of halogens is 2. The second kappa shape index (κ2) is 6.69. The third-order valence-electron chi connectivity index (χ3n) is 3.35. The first-order valence-corrected chi connectivity index (χ1v) is 7.78. The SMILES string of the molecule is Cc1cc(N2CCOCC2)nc(Nc2ccc(Cl)c(Cl)c2)n1. The Balaban J connectivity index is 1.83. The van der Waals surface area contributed by atoms with E-state index in [-0.39, 0.29) is 0 Å². The van der Waals surface area contributed by atoms with E-state index >= 15 is 0 Å². The van der Waals surface area contributed by atoms with Gasteiger partial charge in [0.1, 0.15) is 5.82 Å². The predicted molar refractivity (Wildman–Crippen MR) is 89.5 cm³/mol. The van der Waals surface area contributed by atoms with Crippen LogP contribution in [-0.4, -0.2) is 36.3 Å². The van der Waals surface area contributed by atoms with E-state index < -0.39 is 0 Å². The highest BCUT2D eigenvalue weighted by molar-refractivity contribution is 6.42. The van der Waals surface area contributed by atoms with Crippen molar-refractivity contribution in [1.29, 1.82) is 0 Å². The smallest absolute Gasteiger partial charge is 0.229 e. The normalized spacial score (nSPS) is 15.0. The first-order valence-electron chi connectivity index (χ1n) is 7.02. The van der Waals surface area contributed by atoms with E-state index in [1.807, 2.05) is 19.1 Å².